The fraction of sp³-hybridized carbons (Fsp3) is 0.150. The van der Waals surface area contributed by atoms with Crippen LogP contribution in [0.2, 0.25) is 0 Å². The van der Waals surface area contributed by atoms with Gasteiger partial charge in [0.05, 0.1) is 6.54 Å². The third kappa shape index (κ3) is 4.80. The first-order valence-electron chi connectivity index (χ1n) is 8.40. The van der Waals surface area contributed by atoms with Crippen LogP contribution in [0.3, 0.4) is 0 Å². The maximum atomic E-state index is 11.8. The van der Waals surface area contributed by atoms with Gasteiger partial charge in [0.1, 0.15) is 0 Å². The van der Waals surface area contributed by atoms with Crippen molar-refractivity contribution < 1.29 is 9.59 Å². The van der Waals surface area contributed by atoms with E-state index < -0.39 is 0 Å². The summed E-state index contributed by atoms with van der Waals surface area (Å²) in [5.74, 6) is -0.534. The summed E-state index contributed by atoms with van der Waals surface area (Å²) in [5, 5.41) is 6.54. The first kappa shape index (κ1) is 17.4. The number of hydrogen-bond donors (Lipinski definition) is 3. The van der Waals surface area contributed by atoms with Crippen molar-refractivity contribution in [2.45, 2.75) is 6.42 Å². The number of carbonyl (C=O) groups is 2. The van der Waals surface area contributed by atoms with E-state index in [1.165, 1.54) is 6.08 Å². The molecule has 0 bridgehead atoms. The molecule has 0 aliphatic carbocycles. The summed E-state index contributed by atoms with van der Waals surface area (Å²) in [5.41, 5.74) is 3.07. The number of aromatic amines is 1. The van der Waals surface area contributed by atoms with E-state index in [1.54, 1.807) is 24.5 Å². The molecule has 0 spiro atoms. The Bertz CT molecular complexity index is 916. The average Bonchev–Trinajstić information content (AvgIpc) is 3.09. The van der Waals surface area contributed by atoms with Crippen LogP contribution in [0, 0.1) is 0 Å². The topological polar surface area (TPSA) is 86.9 Å². The lowest BCUT2D eigenvalue weighted by atomic mass is 10.1. The number of fused-ring (bicyclic) bond motifs is 1. The fourth-order valence-corrected chi connectivity index (χ4v) is 2.61. The number of benzene rings is 1. The molecule has 26 heavy (non-hydrogen) atoms. The SMILES string of the molecule is O=C(/C=C\c1cccnc1)NCC(=O)NCCc1c[nH]c2ccccc12. The van der Waals surface area contributed by atoms with Crippen LogP contribution in [0.1, 0.15) is 11.1 Å². The maximum Gasteiger partial charge on any atom is 0.244 e. The van der Waals surface area contributed by atoms with Crippen molar-refractivity contribution >= 4 is 28.8 Å². The quantitative estimate of drug-likeness (QED) is 0.571. The van der Waals surface area contributed by atoms with Crippen LogP contribution >= 0.6 is 0 Å². The van der Waals surface area contributed by atoms with E-state index in [9.17, 15) is 9.59 Å². The van der Waals surface area contributed by atoms with E-state index in [1.807, 2.05) is 30.5 Å². The van der Waals surface area contributed by atoms with E-state index in [0.29, 0.717) is 6.54 Å². The van der Waals surface area contributed by atoms with Crippen LogP contribution in [0.15, 0.2) is 61.1 Å². The molecule has 0 radical (unpaired) electrons. The smallest absolute Gasteiger partial charge is 0.244 e. The van der Waals surface area contributed by atoms with Gasteiger partial charge in [0.25, 0.3) is 0 Å². The highest BCUT2D eigenvalue weighted by Crippen LogP contribution is 2.17. The van der Waals surface area contributed by atoms with E-state index >= 15 is 0 Å². The molecule has 2 aromatic heterocycles. The predicted molar refractivity (Wildman–Crippen MR) is 101 cm³/mol. The number of pyridine rings is 1. The summed E-state index contributed by atoms with van der Waals surface area (Å²) in [7, 11) is 0. The van der Waals surface area contributed by atoms with Crippen LogP contribution < -0.4 is 10.6 Å². The number of H-pyrrole nitrogens is 1. The zero-order valence-electron chi connectivity index (χ0n) is 14.2. The monoisotopic (exact) mass is 348 g/mol. The maximum absolute atomic E-state index is 11.8. The Kier molecular flexibility index (Phi) is 5.77. The Morgan fingerprint density at radius 2 is 2.00 bits per heavy atom. The zero-order chi connectivity index (χ0) is 18.2. The van der Waals surface area contributed by atoms with Crippen molar-refractivity contribution in [3.63, 3.8) is 0 Å². The molecule has 2 amide bonds. The van der Waals surface area contributed by atoms with Gasteiger partial charge in [-0.15, -0.1) is 0 Å². The molecular formula is C20H20N4O2. The molecule has 0 fully saturated rings. The Labute approximate surface area is 151 Å². The molecule has 132 valence electrons. The molecule has 0 aliphatic heterocycles. The molecule has 3 aromatic rings. The molecule has 0 atom stereocenters. The van der Waals surface area contributed by atoms with E-state index in [2.05, 4.69) is 26.7 Å². The Morgan fingerprint density at radius 1 is 1.12 bits per heavy atom. The molecule has 0 aliphatic rings. The molecule has 0 saturated carbocycles. The first-order valence-corrected chi connectivity index (χ1v) is 8.40. The second-order valence-electron chi connectivity index (χ2n) is 5.80. The molecular weight excluding hydrogens is 328 g/mol. The van der Waals surface area contributed by atoms with Gasteiger partial charge < -0.3 is 15.6 Å². The van der Waals surface area contributed by atoms with E-state index in [4.69, 9.17) is 0 Å². The lowest BCUT2D eigenvalue weighted by Crippen LogP contribution is -2.37. The molecule has 1 aromatic carbocycles. The second-order valence-corrected chi connectivity index (χ2v) is 5.80. The zero-order valence-corrected chi connectivity index (χ0v) is 14.2. The van der Waals surface area contributed by atoms with Gasteiger partial charge in [-0.1, -0.05) is 24.3 Å². The number of hydrogen-bond acceptors (Lipinski definition) is 3. The lowest BCUT2D eigenvalue weighted by molar-refractivity contribution is -0.123. The first-order chi connectivity index (χ1) is 12.7. The molecule has 2 heterocycles. The number of carbonyl (C=O) groups excluding carboxylic acids is 2. The number of rotatable bonds is 7. The molecule has 3 rings (SSSR count). The Balaban J connectivity index is 1.39. The molecule has 6 nitrogen and oxygen atoms in total. The number of nitrogens with zero attached hydrogens (tertiary/aromatic N) is 1. The molecule has 0 unspecified atom stereocenters. The van der Waals surface area contributed by atoms with Gasteiger partial charge >= 0.3 is 0 Å². The van der Waals surface area contributed by atoms with Crippen LogP contribution in [0.25, 0.3) is 17.0 Å². The number of para-hydroxylation sites is 1. The Hall–Kier alpha value is -3.41. The summed E-state index contributed by atoms with van der Waals surface area (Å²) in [6, 6.07) is 11.7. The largest absolute Gasteiger partial charge is 0.361 e. The standard InChI is InChI=1S/C20H20N4O2/c25-19(8-7-15-4-3-10-21-12-15)24-14-20(26)22-11-9-16-13-23-18-6-2-1-5-17(16)18/h1-8,10,12-13,23H,9,11,14H2,(H,22,26)(H,24,25)/b8-7-. The van der Waals surface area contributed by atoms with Gasteiger partial charge in [0.2, 0.25) is 11.8 Å². The minimum Gasteiger partial charge on any atom is -0.361 e. The average molecular weight is 348 g/mol. The summed E-state index contributed by atoms with van der Waals surface area (Å²) >= 11 is 0. The van der Waals surface area contributed by atoms with Crippen LogP contribution in [-0.4, -0.2) is 34.9 Å². The summed E-state index contributed by atoms with van der Waals surface area (Å²) in [6.45, 7) is 0.464. The fourth-order valence-electron chi connectivity index (χ4n) is 2.61. The van der Waals surface area contributed by atoms with Crippen molar-refractivity contribution in [3.05, 3.63) is 72.2 Å². The summed E-state index contributed by atoms with van der Waals surface area (Å²) in [4.78, 5) is 30.7. The highest BCUT2D eigenvalue weighted by molar-refractivity contribution is 5.94. The van der Waals surface area contributed by atoms with Gasteiger partial charge in [0, 0.05) is 42.1 Å². The number of aromatic nitrogens is 2. The van der Waals surface area contributed by atoms with Gasteiger partial charge in [0.15, 0.2) is 0 Å². The lowest BCUT2D eigenvalue weighted by Gasteiger charge is -2.05. The third-order valence-electron chi connectivity index (χ3n) is 3.93. The van der Waals surface area contributed by atoms with E-state index in [-0.39, 0.29) is 18.4 Å². The van der Waals surface area contributed by atoms with Crippen molar-refractivity contribution in [2.24, 2.45) is 0 Å². The van der Waals surface area contributed by atoms with Gasteiger partial charge in [-0.25, -0.2) is 0 Å². The van der Waals surface area contributed by atoms with Gasteiger partial charge in [-0.3, -0.25) is 14.6 Å². The minimum atomic E-state index is -0.319. The highest BCUT2D eigenvalue weighted by atomic mass is 16.2. The minimum absolute atomic E-state index is 0.0515. The Morgan fingerprint density at radius 3 is 2.85 bits per heavy atom. The summed E-state index contributed by atoms with van der Waals surface area (Å²) < 4.78 is 0. The summed E-state index contributed by atoms with van der Waals surface area (Å²) in [6.07, 6.45) is 9.04. The van der Waals surface area contributed by atoms with Gasteiger partial charge in [-0.2, -0.15) is 0 Å². The van der Waals surface area contributed by atoms with E-state index in [0.717, 1.165) is 28.5 Å². The second kappa shape index (κ2) is 8.62. The van der Waals surface area contributed by atoms with Crippen LogP contribution in [0.4, 0.5) is 0 Å². The van der Waals surface area contributed by atoms with Crippen molar-refractivity contribution in [1.29, 1.82) is 0 Å². The number of amides is 2. The molecule has 6 heteroatoms. The number of nitrogens with one attached hydrogen (secondary N) is 3. The van der Waals surface area contributed by atoms with Crippen LogP contribution in [-0.2, 0) is 16.0 Å². The third-order valence-corrected chi connectivity index (χ3v) is 3.93. The molecule has 0 saturated heterocycles. The predicted octanol–water partition coefficient (Wildman–Crippen LogP) is 2.05. The van der Waals surface area contributed by atoms with Crippen molar-refractivity contribution in [3.8, 4) is 0 Å². The van der Waals surface area contributed by atoms with Gasteiger partial charge in [-0.05, 0) is 35.8 Å². The highest BCUT2D eigenvalue weighted by Gasteiger charge is 2.05. The van der Waals surface area contributed by atoms with Crippen molar-refractivity contribution in [1.82, 2.24) is 20.6 Å². The van der Waals surface area contributed by atoms with Crippen LogP contribution in [0.5, 0.6) is 0 Å². The molecule has 3 N–H and O–H groups in total. The normalized spacial score (nSPS) is 10.9. The van der Waals surface area contributed by atoms with Crippen molar-refractivity contribution in [2.75, 3.05) is 13.1 Å².